The molecule has 3 aliphatic rings. The first kappa shape index (κ1) is 18.6. The van der Waals surface area contributed by atoms with Gasteiger partial charge in [-0.3, -0.25) is 9.69 Å². The molecule has 2 heterocycles. The Hall–Kier alpha value is -1.73. The van der Waals surface area contributed by atoms with Gasteiger partial charge in [0, 0.05) is 37.6 Å². The summed E-state index contributed by atoms with van der Waals surface area (Å²) in [6, 6.07) is 7.96. The predicted molar refractivity (Wildman–Crippen MR) is 107 cm³/mol. The number of hydrogen-bond acceptors (Lipinski definition) is 4. The van der Waals surface area contributed by atoms with Crippen molar-refractivity contribution in [3.05, 3.63) is 29.8 Å². The van der Waals surface area contributed by atoms with E-state index >= 15 is 0 Å². The van der Waals surface area contributed by atoms with Gasteiger partial charge in [-0.15, -0.1) is 11.8 Å². The zero-order valence-electron chi connectivity index (χ0n) is 15.8. The molecule has 1 aliphatic carbocycles. The Bertz CT molecular complexity index is 722. The number of ether oxygens (including phenoxy) is 1. The molecule has 1 saturated heterocycles. The molecule has 0 bridgehead atoms. The SMILES string of the molecule is COCCN1C(=O)C2(SCCN2C(=O)NC2CCCCC2)c2ccccc21. The summed E-state index contributed by atoms with van der Waals surface area (Å²) in [4.78, 5) is 29.3. The molecule has 2 fully saturated rings. The molecule has 1 aromatic carbocycles. The van der Waals surface area contributed by atoms with Crippen molar-refractivity contribution in [3.8, 4) is 0 Å². The number of nitrogens with zero attached hydrogens (tertiary/aromatic N) is 2. The van der Waals surface area contributed by atoms with Gasteiger partial charge >= 0.3 is 6.03 Å². The first-order valence-corrected chi connectivity index (χ1v) is 10.8. The molecule has 7 heteroatoms. The number of nitrogens with one attached hydrogen (secondary N) is 1. The van der Waals surface area contributed by atoms with Gasteiger partial charge in [-0.2, -0.15) is 0 Å². The van der Waals surface area contributed by atoms with Crippen LogP contribution in [0.4, 0.5) is 10.5 Å². The molecule has 1 atom stereocenters. The summed E-state index contributed by atoms with van der Waals surface area (Å²) in [5, 5.41) is 3.20. The van der Waals surface area contributed by atoms with Crippen molar-refractivity contribution in [2.45, 2.75) is 43.0 Å². The lowest BCUT2D eigenvalue weighted by Gasteiger charge is -2.35. The summed E-state index contributed by atoms with van der Waals surface area (Å²) in [7, 11) is 1.64. The summed E-state index contributed by atoms with van der Waals surface area (Å²) in [6.07, 6.45) is 5.64. The van der Waals surface area contributed by atoms with Crippen LogP contribution < -0.4 is 10.2 Å². The lowest BCUT2D eigenvalue weighted by atomic mass is 9.95. The molecule has 2 aliphatic heterocycles. The number of benzene rings is 1. The Morgan fingerprint density at radius 2 is 2.07 bits per heavy atom. The van der Waals surface area contributed by atoms with Gasteiger partial charge in [-0.25, -0.2) is 4.79 Å². The Morgan fingerprint density at radius 1 is 1.30 bits per heavy atom. The zero-order valence-corrected chi connectivity index (χ0v) is 16.6. The molecular formula is C20H27N3O3S. The molecule has 1 aromatic rings. The third kappa shape index (κ3) is 3.10. The van der Waals surface area contributed by atoms with Crippen LogP contribution in [0.15, 0.2) is 24.3 Å². The summed E-state index contributed by atoms with van der Waals surface area (Å²) < 4.78 is 5.20. The summed E-state index contributed by atoms with van der Waals surface area (Å²) in [5.74, 6) is 0.734. The van der Waals surface area contributed by atoms with Gasteiger partial charge in [0.1, 0.15) is 0 Å². The standard InChI is InChI=1S/C20H27N3O3S/c1-26-13-11-22-17-10-6-5-9-16(17)20(18(22)24)23(12-14-27-20)19(25)21-15-7-3-2-4-8-15/h5-6,9-10,15H,2-4,7-8,11-14H2,1H3,(H,21,25). The number of rotatable bonds is 4. The van der Waals surface area contributed by atoms with Gasteiger partial charge in [0.25, 0.3) is 5.91 Å². The van der Waals surface area contributed by atoms with Gasteiger partial charge in [0.2, 0.25) is 0 Å². The van der Waals surface area contributed by atoms with Crippen molar-refractivity contribution in [1.29, 1.82) is 0 Å². The molecule has 1 saturated carbocycles. The highest BCUT2D eigenvalue weighted by Gasteiger charge is 2.59. The van der Waals surface area contributed by atoms with Crippen LogP contribution >= 0.6 is 11.8 Å². The first-order chi connectivity index (χ1) is 13.2. The molecule has 27 heavy (non-hydrogen) atoms. The van der Waals surface area contributed by atoms with Gasteiger partial charge in [-0.05, 0) is 18.9 Å². The quantitative estimate of drug-likeness (QED) is 0.860. The number of carbonyl (C=O) groups is 2. The Kier molecular flexibility index (Phi) is 5.32. The number of fused-ring (bicyclic) bond motifs is 2. The molecule has 1 spiro atoms. The summed E-state index contributed by atoms with van der Waals surface area (Å²) in [6.45, 7) is 1.54. The molecule has 3 amide bonds. The van der Waals surface area contributed by atoms with Gasteiger partial charge in [0.05, 0.1) is 12.3 Å². The van der Waals surface area contributed by atoms with Gasteiger partial charge < -0.3 is 15.0 Å². The fraction of sp³-hybridized carbons (Fsp3) is 0.600. The van der Waals surface area contributed by atoms with E-state index in [-0.39, 0.29) is 18.0 Å². The van der Waals surface area contributed by atoms with Crippen LogP contribution in [0.3, 0.4) is 0 Å². The van der Waals surface area contributed by atoms with Crippen molar-refractivity contribution >= 4 is 29.4 Å². The van der Waals surface area contributed by atoms with Gasteiger partial charge in [0.15, 0.2) is 4.87 Å². The van der Waals surface area contributed by atoms with E-state index in [0.29, 0.717) is 19.7 Å². The van der Waals surface area contributed by atoms with Crippen LogP contribution in [0.2, 0.25) is 0 Å². The van der Waals surface area contributed by atoms with E-state index in [1.54, 1.807) is 28.7 Å². The molecule has 6 nitrogen and oxygen atoms in total. The van der Waals surface area contributed by atoms with E-state index in [4.69, 9.17) is 4.74 Å². The number of carbonyl (C=O) groups excluding carboxylic acids is 2. The second kappa shape index (κ2) is 7.72. The lowest BCUT2D eigenvalue weighted by molar-refractivity contribution is -0.123. The highest BCUT2D eigenvalue weighted by Crippen LogP contribution is 2.53. The average Bonchev–Trinajstić information content (AvgIpc) is 3.24. The Labute approximate surface area is 164 Å². The third-order valence-electron chi connectivity index (χ3n) is 5.80. The van der Waals surface area contributed by atoms with Crippen molar-refractivity contribution < 1.29 is 14.3 Å². The number of hydrogen-bond donors (Lipinski definition) is 1. The zero-order chi connectivity index (χ0) is 18.9. The lowest BCUT2D eigenvalue weighted by Crippen LogP contribution is -2.55. The van der Waals surface area contributed by atoms with Crippen molar-refractivity contribution in [3.63, 3.8) is 0 Å². The Morgan fingerprint density at radius 3 is 2.85 bits per heavy atom. The largest absolute Gasteiger partial charge is 0.383 e. The van der Waals surface area contributed by atoms with E-state index in [9.17, 15) is 9.59 Å². The van der Waals surface area contributed by atoms with Crippen LogP contribution in [-0.2, 0) is 14.4 Å². The minimum atomic E-state index is -0.941. The van der Waals surface area contributed by atoms with Crippen LogP contribution in [0.5, 0.6) is 0 Å². The topological polar surface area (TPSA) is 61.9 Å². The third-order valence-corrected chi connectivity index (χ3v) is 7.22. The summed E-state index contributed by atoms with van der Waals surface area (Å²) >= 11 is 1.57. The fourth-order valence-electron chi connectivity index (χ4n) is 4.47. The molecule has 1 unspecified atom stereocenters. The number of methoxy groups -OCH3 is 1. The number of anilines is 1. The first-order valence-electron chi connectivity index (χ1n) is 9.81. The van der Waals surface area contributed by atoms with Crippen molar-refractivity contribution in [2.75, 3.05) is 37.5 Å². The number of urea groups is 1. The highest BCUT2D eigenvalue weighted by molar-refractivity contribution is 8.01. The van der Waals surface area contributed by atoms with Crippen molar-refractivity contribution in [2.24, 2.45) is 0 Å². The van der Waals surface area contributed by atoms with E-state index < -0.39 is 4.87 Å². The summed E-state index contributed by atoms with van der Waals surface area (Å²) in [5.41, 5.74) is 1.82. The molecule has 4 rings (SSSR count). The maximum absolute atomic E-state index is 13.5. The minimum absolute atomic E-state index is 0.0259. The second-order valence-corrected chi connectivity index (χ2v) is 8.68. The normalized spacial score (nSPS) is 25.3. The van der Waals surface area contributed by atoms with E-state index in [0.717, 1.165) is 42.7 Å². The van der Waals surface area contributed by atoms with Crippen LogP contribution in [0.1, 0.15) is 37.7 Å². The number of amides is 3. The fourth-order valence-corrected chi connectivity index (χ4v) is 5.93. The predicted octanol–water partition coefficient (Wildman–Crippen LogP) is 2.92. The molecule has 146 valence electrons. The monoisotopic (exact) mass is 389 g/mol. The van der Waals surface area contributed by atoms with Crippen LogP contribution in [0, 0.1) is 0 Å². The number of thioether (sulfide) groups is 1. The minimum Gasteiger partial charge on any atom is -0.383 e. The van der Waals surface area contributed by atoms with Crippen molar-refractivity contribution in [1.82, 2.24) is 10.2 Å². The van der Waals surface area contributed by atoms with E-state index in [1.165, 1.54) is 6.42 Å². The average molecular weight is 390 g/mol. The molecule has 1 N–H and O–H groups in total. The second-order valence-electron chi connectivity index (χ2n) is 7.40. The number of para-hydroxylation sites is 1. The Balaban J connectivity index is 1.63. The maximum atomic E-state index is 13.5. The maximum Gasteiger partial charge on any atom is 0.319 e. The highest BCUT2D eigenvalue weighted by atomic mass is 32.2. The molecule has 0 aromatic heterocycles. The smallest absolute Gasteiger partial charge is 0.319 e. The molecular weight excluding hydrogens is 362 g/mol. The van der Waals surface area contributed by atoms with Gasteiger partial charge in [-0.1, -0.05) is 37.5 Å². The van der Waals surface area contributed by atoms with E-state index in [1.807, 2.05) is 24.3 Å². The molecule has 0 radical (unpaired) electrons. The van der Waals surface area contributed by atoms with Crippen LogP contribution in [0.25, 0.3) is 0 Å². The van der Waals surface area contributed by atoms with E-state index in [2.05, 4.69) is 5.32 Å². The van der Waals surface area contributed by atoms with Crippen LogP contribution in [-0.4, -0.2) is 55.4 Å².